The molecule has 0 heterocycles. The number of anilines is 1. The fourth-order valence-electron chi connectivity index (χ4n) is 1.63. The smallest absolute Gasteiger partial charge is 0.243 e. The van der Waals surface area contributed by atoms with Gasteiger partial charge in [-0.15, -0.1) is 0 Å². The Morgan fingerprint density at radius 3 is 2.43 bits per heavy atom. The fourth-order valence-corrected chi connectivity index (χ4v) is 2.62. The highest BCUT2D eigenvalue weighted by atomic mass is 32.2. The Kier molecular flexibility index (Phi) is 7.29. The van der Waals surface area contributed by atoms with Crippen LogP contribution < -0.4 is 5.32 Å². The Balaban J connectivity index is 2.35. The molecule has 1 aromatic rings. The Hall–Kier alpha value is -1.49. The first-order chi connectivity index (χ1) is 9.88. The summed E-state index contributed by atoms with van der Waals surface area (Å²) in [5, 5.41) is 2.79. The fraction of sp³-hybridized carbons (Fsp3) is 0.500. The Labute approximate surface area is 131 Å². The highest BCUT2D eigenvalue weighted by molar-refractivity contribution is 7.99. The number of carbonyl (C=O) groups is 2. The summed E-state index contributed by atoms with van der Waals surface area (Å²) in [5.41, 5.74) is 1.89. The third kappa shape index (κ3) is 7.18. The van der Waals surface area contributed by atoms with Crippen molar-refractivity contribution in [1.82, 2.24) is 4.90 Å². The maximum Gasteiger partial charge on any atom is 0.243 e. The van der Waals surface area contributed by atoms with Crippen LogP contribution in [0.15, 0.2) is 24.3 Å². The molecular weight excluding hydrogens is 284 g/mol. The average molecular weight is 308 g/mol. The first-order valence-electron chi connectivity index (χ1n) is 7.06. The number of aryl methyl sites for hydroxylation is 1. The average Bonchev–Trinajstić information content (AvgIpc) is 2.40. The van der Waals surface area contributed by atoms with E-state index in [0.717, 1.165) is 17.0 Å². The summed E-state index contributed by atoms with van der Waals surface area (Å²) in [6.07, 6.45) is 0. The molecule has 0 saturated carbocycles. The van der Waals surface area contributed by atoms with Crippen molar-refractivity contribution >= 4 is 29.3 Å². The zero-order chi connectivity index (χ0) is 15.8. The van der Waals surface area contributed by atoms with Crippen LogP contribution in [0.1, 0.15) is 19.4 Å². The number of thioether (sulfide) groups is 1. The molecule has 0 fully saturated rings. The minimum atomic E-state index is -0.177. The van der Waals surface area contributed by atoms with Gasteiger partial charge in [-0.05, 0) is 30.7 Å². The number of nitrogens with zero attached hydrogens (tertiary/aromatic N) is 1. The van der Waals surface area contributed by atoms with E-state index in [-0.39, 0.29) is 18.4 Å². The number of hydrogen-bond donors (Lipinski definition) is 1. The van der Waals surface area contributed by atoms with Crippen molar-refractivity contribution in [3.63, 3.8) is 0 Å². The summed E-state index contributed by atoms with van der Waals surface area (Å²) >= 11 is 1.61. The third-order valence-electron chi connectivity index (χ3n) is 2.82. The number of amides is 2. The Morgan fingerprint density at radius 2 is 1.86 bits per heavy atom. The first-order valence-corrected chi connectivity index (χ1v) is 8.22. The number of nitrogens with one attached hydrogen (secondary N) is 1. The van der Waals surface area contributed by atoms with E-state index in [9.17, 15) is 9.59 Å². The van der Waals surface area contributed by atoms with Crippen molar-refractivity contribution in [3.8, 4) is 0 Å². The Morgan fingerprint density at radius 1 is 1.24 bits per heavy atom. The highest BCUT2D eigenvalue weighted by Gasteiger charge is 2.13. The topological polar surface area (TPSA) is 49.4 Å². The van der Waals surface area contributed by atoms with Gasteiger partial charge in [0.1, 0.15) is 0 Å². The number of rotatable bonds is 7. The second-order valence-corrected chi connectivity index (χ2v) is 6.60. The normalized spacial score (nSPS) is 10.5. The highest BCUT2D eigenvalue weighted by Crippen LogP contribution is 2.10. The van der Waals surface area contributed by atoms with E-state index in [1.807, 2.05) is 31.2 Å². The van der Waals surface area contributed by atoms with E-state index in [1.165, 1.54) is 4.90 Å². The van der Waals surface area contributed by atoms with Crippen LogP contribution >= 0.6 is 11.8 Å². The van der Waals surface area contributed by atoms with Gasteiger partial charge >= 0.3 is 0 Å². The van der Waals surface area contributed by atoms with Crippen LogP contribution in [-0.4, -0.2) is 41.8 Å². The van der Waals surface area contributed by atoms with E-state index >= 15 is 0 Å². The Bertz CT molecular complexity index is 472. The van der Waals surface area contributed by atoms with Crippen molar-refractivity contribution in [1.29, 1.82) is 0 Å². The maximum atomic E-state index is 11.9. The van der Waals surface area contributed by atoms with Gasteiger partial charge in [0.05, 0.1) is 12.3 Å². The zero-order valence-electron chi connectivity index (χ0n) is 13.2. The van der Waals surface area contributed by atoms with Gasteiger partial charge in [-0.1, -0.05) is 31.5 Å². The van der Waals surface area contributed by atoms with Crippen LogP contribution in [0.2, 0.25) is 0 Å². The van der Waals surface area contributed by atoms with Crippen LogP contribution in [0.3, 0.4) is 0 Å². The van der Waals surface area contributed by atoms with Crippen molar-refractivity contribution in [2.75, 3.05) is 30.4 Å². The van der Waals surface area contributed by atoms with Crippen molar-refractivity contribution in [2.24, 2.45) is 5.92 Å². The predicted molar refractivity (Wildman–Crippen MR) is 89.6 cm³/mol. The van der Waals surface area contributed by atoms with Gasteiger partial charge < -0.3 is 10.2 Å². The molecule has 2 amide bonds. The summed E-state index contributed by atoms with van der Waals surface area (Å²) < 4.78 is 0. The molecule has 0 saturated heterocycles. The minimum absolute atomic E-state index is 0.0142. The van der Waals surface area contributed by atoms with Gasteiger partial charge in [0.2, 0.25) is 11.8 Å². The number of likely N-dealkylation sites (N-methyl/N-ethyl adjacent to an activating group) is 1. The van der Waals surface area contributed by atoms with E-state index in [0.29, 0.717) is 11.7 Å². The predicted octanol–water partition coefficient (Wildman–Crippen LogP) is 2.78. The molecule has 0 aliphatic carbocycles. The monoisotopic (exact) mass is 308 g/mol. The zero-order valence-corrected chi connectivity index (χ0v) is 14.0. The second-order valence-electron chi connectivity index (χ2n) is 5.57. The number of carbonyl (C=O) groups excluding carboxylic acids is 2. The molecule has 1 N–H and O–H groups in total. The van der Waals surface area contributed by atoms with Crippen LogP contribution in [0, 0.1) is 12.8 Å². The van der Waals surface area contributed by atoms with Gasteiger partial charge in [-0.3, -0.25) is 9.59 Å². The largest absolute Gasteiger partial charge is 0.336 e. The molecule has 0 aliphatic rings. The molecule has 0 bridgehead atoms. The lowest BCUT2D eigenvalue weighted by Gasteiger charge is -2.17. The van der Waals surface area contributed by atoms with Crippen molar-refractivity contribution < 1.29 is 9.59 Å². The van der Waals surface area contributed by atoms with Crippen LogP contribution in [0.25, 0.3) is 0 Å². The second kappa shape index (κ2) is 8.72. The van der Waals surface area contributed by atoms with Crippen LogP contribution in [0.5, 0.6) is 0 Å². The molecule has 5 heteroatoms. The van der Waals surface area contributed by atoms with E-state index in [2.05, 4.69) is 19.2 Å². The molecule has 0 aromatic heterocycles. The standard InChI is InChI=1S/C16H24N2O2S/c1-12(2)10-21-11-16(20)18(4)9-15(19)17-14-7-5-13(3)6-8-14/h5-8,12H,9-11H2,1-4H3,(H,17,19). The quantitative estimate of drug-likeness (QED) is 0.842. The van der Waals surface area contributed by atoms with Crippen LogP contribution in [-0.2, 0) is 9.59 Å². The molecular formula is C16H24N2O2S. The van der Waals surface area contributed by atoms with Gasteiger partial charge in [0.15, 0.2) is 0 Å². The van der Waals surface area contributed by atoms with E-state index in [1.54, 1.807) is 18.8 Å². The lowest BCUT2D eigenvalue weighted by Crippen LogP contribution is -2.36. The van der Waals surface area contributed by atoms with Gasteiger partial charge in [-0.25, -0.2) is 0 Å². The summed E-state index contributed by atoms with van der Waals surface area (Å²) in [6, 6.07) is 7.58. The maximum absolute atomic E-state index is 11.9. The molecule has 116 valence electrons. The lowest BCUT2D eigenvalue weighted by molar-refractivity contribution is -0.131. The van der Waals surface area contributed by atoms with Gasteiger partial charge in [0, 0.05) is 12.7 Å². The molecule has 21 heavy (non-hydrogen) atoms. The first kappa shape index (κ1) is 17.6. The number of benzene rings is 1. The molecule has 0 aliphatic heterocycles. The van der Waals surface area contributed by atoms with E-state index in [4.69, 9.17) is 0 Å². The lowest BCUT2D eigenvalue weighted by atomic mass is 10.2. The van der Waals surface area contributed by atoms with Crippen LogP contribution in [0.4, 0.5) is 5.69 Å². The minimum Gasteiger partial charge on any atom is -0.336 e. The molecule has 1 aromatic carbocycles. The summed E-state index contributed by atoms with van der Waals surface area (Å²) in [6.45, 7) is 6.31. The van der Waals surface area contributed by atoms with Gasteiger partial charge in [0.25, 0.3) is 0 Å². The third-order valence-corrected chi connectivity index (χ3v) is 4.17. The van der Waals surface area contributed by atoms with Crippen molar-refractivity contribution in [2.45, 2.75) is 20.8 Å². The molecule has 1 rings (SSSR count). The van der Waals surface area contributed by atoms with Crippen molar-refractivity contribution in [3.05, 3.63) is 29.8 Å². The molecule has 0 radical (unpaired) electrons. The summed E-state index contributed by atoms with van der Waals surface area (Å²) in [4.78, 5) is 25.2. The number of hydrogen-bond acceptors (Lipinski definition) is 3. The summed E-state index contributed by atoms with van der Waals surface area (Å²) in [7, 11) is 1.66. The molecule has 0 atom stereocenters. The molecule has 4 nitrogen and oxygen atoms in total. The molecule has 0 spiro atoms. The van der Waals surface area contributed by atoms with E-state index < -0.39 is 0 Å². The summed E-state index contributed by atoms with van der Waals surface area (Å²) in [5.74, 6) is 1.75. The molecule has 0 unspecified atom stereocenters. The SMILES string of the molecule is Cc1ccc(NC(=O)CN(C)C(=O)CSCC(C)C)cc1. The van der Waals surface area contributed by atoms with Gasteiger partial charge in [-0.2, -0.15) is 11.8 Å².